The summed E-state index contributed by atoms with van der Waals surface area (Å²) in [5.41, 5.74) is 2.18. The highest BCUT2D eigenvalue weighted by Crippen LogP contribution is 2.30. The molecule has 0 aliphatic rings. The van der Waals surface area contributed by atoms with Crippen molar-refractivity contribution < 1.29 is 8.42 Å². The van der Waals surface area contributed by atoms with E-state index < -0.39 is 9.84 Å². The van der Waals surface area contributed by atoms with Crippen LogP contribution in [-0.4, -0.2) is 34.0 Å². The Balaban J connectivity index is 1.59. The SMILES string of the molecule is N#CC(=CNc1ccc2nc(S(=O)(=O)Cc3ccccc3)sc2c1)c1nn[nH]n1. The van der Waals surface area contributed by atoms with Gasteiger partial charge in [-0.25, -0.2) is 13.4 Å². The van der Waals surface area contributed by atoms with Crippen LogP contribution in [0.4, 0.5) is 5.69 Å². The number of hydrogen-bond donors (Lipinski definition) is 2. The van der Waals surface area contributed by atoms with Gasteiger partial charge in [-0.15, -0.1) is 21.5 Å². The first-order valence-corrected chi connectivity index (χ1v) is 10.8. The molecule has 0 bridgehead atoms. The maximum absolute atomic E-state index is 12.7. The van der Waals surface area contributed by atoms with E-state index in [2.05, 4.69) is 30.9 Å². The number of aromatic nitrogens is 5. The first kappa shape index (κ1) is 18.7. The standard InChI is InChI=1S/C18H13N7O2S2/c19-9-13(17-22-24-25-23-17)10-20-14-6-7-15-16(8-14)28-18(21-15)29(26,27)11-12-4-2-1-3-5-12/h1-8,10,20H,11H2,(H,22,23,24,25). The smallest absolute Gasteiger partial charge is 0.216 e. The van der Waals surface area contributed by atoms with Crippen molar-refractivity contribution in [3.05, 3.63) is 66.1 Å². The van der Waals surface area contributed by atoms with Crippen LogP contribution in [0.3, 0.4) is 0 Å². The molecule has 0 saturated carbocycles. The number of thiazole rings is 1. The normalized spacial score (nSPS) is 12.0. The van der Waals surface area contributed by atoms with Crippen LogP contribution < -0.4 is 5.32 Å². The second-order valence-corrected chi connectivity index (χ2v) is 9.15. The molecule has 0 fully saturated rings. The lowest BCUT2D eigenvalue weighted by molar-refractivity contribution is 0.594. The van der Waals surface area contributed by atoms with Crippen molar-refractivity contribution in [2.24, 2.45) is 0 Å². The molecule has 0 unspecified atom stereocenters. The molecule has 4 aromatic rings. The highest BCUT2D eigenvalue weighted by Gasteiger charge is 2.20. The van der Waals surface area contributed by atoms with Gasteiger partial charge < -0.3 is 5.32 Å². The summed E-state index contributed by atoms with van der Waals surface area (Å²) in [4.78, 5) is 4.28. The van der Waals surface area contributed by atoms with Gasteiger partial charge in [-0.3, -0.25) is 0 Å². The Kier molecular flexibility index (Phi) is 5.03. The molecular weight excluding hydrogens is 410 g/mol. The summed E-state index contributed by atoms with van der Waals surface area (Å²) in [6.45, 7) is 0. The molecule has 0 atom stereocenters. The van der Waals surface area contributed by atoms with Crippen molar-refractivity contribution in [2.45, 2.75) is 10.1 Å². The van der Waals surface area contributed by atoms with Crippen LogP contribution in [0.5, 0.6) is 0 Å². The predicted octanol–water partition coefficient (Wildman–Crippen LogP) is 2.76. The van der Waals surface area contributed by atoms with Crippen molar-refractivity contribution in [1.29, 1.82) is 5.26 Å². The molecule has 0 saturated heterocycles. The van der Waals surface area contributed by atoms with Gasteiger partial charge in [0.05, 0.1) is 16.0 Å². The van der Waals surface area contributed by atoms with Gasteiger partial charge in [0.1, 0.15) is 11.6 Å². The van der Waals surface area contributed by atoms with E-state index in [9.17, 15) is 13.7 Å². The lowest BCUT2D eigenvalue weighted by Crippen LogP contribution is -2.04. The minimum atomic E-state index is -3.54. The fourth-order valence-corrected chi connectivity index (χ4v) is 5.24. The second kappa shape index (κ2) is 7.78. The second-order valence-electron chi connectivity index (χ2n) is 5.96. The predicted molar refractivity (Wildman–Crippen MR) is 108 cm³/mol. The van der Waals surface area contributed by atoms with Gasteiger partial charge in [0.15, 0.2) is 0 Å². The summed E-state index contributed by atoms with van der Waals surface area (Å²) in [5.74, 6) is 0.0748. The van der Waals surface area contributed by atoms with Crippen LogP contribution in [0, 0.1) is 11.3 Å². The van der Waals surface area contributed by atoms with Gasteiger partial charge in [-0.1, -0.05) is 30.3 Å². The van der Waals surface area contributed by atoms with Crippen LogP contribution in [-0.2, 0) is 15.6 Å². The maximum atomic E-state index is 12.7. The molecule has 9 nitrogen and oxygen atoms in total. The third-order valence-corrected chi connectivity index (χ3v) is 7.09. The quantitative estimate of drug-likeness (QED) is 0.452. The van der Waals surface area contributed by atoms with Crippen molar-refractivity contribution in [2.75, 3.05) is 5.32 Å². The van der Waals surface area contributed by atoms with Crippen LogP contribution in [0.25, 0.3) is 15.8 Å². The summed E-state index contributed by atoms with van der Waals surface area (Å²) >= 11 is 1.11. The minimum Gasteiger partial charge on any atom is -0.360 e. The molecule has 2 heterocycles. The first-order valence-electron chi connectivity index (χ1n) is 8.33. The zero-order valence-electron chi connectivity index (χ0n) is 14.8. The van der Waals surface area contributed by atoms with Crippen molar-refractivity contribution in [3.8, 4) is 6.07 Å². The van der Waals surface area contributed by atoms with E-state index in [1.54, 1.807) is 42.5 Å². The lowest BCUT2D eigenvalue weighted by Gasteiger charge is -2.00. The van der Waals surface area contributed by atoms with Crippen molar-refractivity contribution in [1.82, 2.24) is 25.6 Å². The number of aromatic amines is 1. The number of nitriles is 1. The van der Waals surface area contributed by atoms with Crippen LogP contribution in [0.15, 0.2) is 59.1 Å². The fraction of sp³-hybridized carbons (Fsp3) is 0.0556. The van der Waals surface area contributed by atoms with E-state index in [4.69, 9.17) is 0 Å². The fourth-order valence-electron chi connectivity index (χ4n) is 2.56. The molecule has 2 aromatic heterocycles. The number of nitrogens with zero attached hydrogens (tertiary/aromatic N) is 5. The molecule has 0 spiro atoms. The Bertz CT molecular complexity index is 1320. The zero-order chi connectivity index (χ0) is 20.3. The summed E-state index contributed by atoms with van der Waals surface area (Å²) in [7, 11) is -3.54. The van der Waals surface area contributed by atoms with Gasteiger partial charge >= 0.3 is 0 Å². The third-order valence-electron chi connectivity index (χ3n) is 3.92. The number of rotatable bonds is 6. The molecule has 0 radical (unpaired) electrons. The molecule has 11 heteroatoms. The lowest BCUT2D eigenvalue weighted by atomic mass is 10.2. The average molecular weight is 423 g/mol. The summed E-state index contributed by atoms with van der Waals surface area (Å²) in [5, 5.41) is 25.4. The van der Waals surface area contributed by atoms with Crippen LogP contribution in [0.1, 0.15) is 11.4 Å². The topological polar surface area (TPSA) is 137 Å². The van der Waals surface area contributed by atoms with E-state index in [-0.39, 0.29) is 21.5 Å². The van der Waals surface area contributed by atoms with Gasteiger partial charge in [0.2, 0.25) is 20.0 Å². The average Bonchev–Trinajstić information content (AvgIpc) is 3.39. The van der Waals surface area contributed by atoms with Gasteiger partial charge in [-0.05, 0) is 29.0 Å². The van der Waals surface area contributed by atoms with Crippen molar-refractivity contribution in [3.63, 3.8) is 0 Å². The third kappa shape index (κ3) is 4.13. The zero-order valence-corrected chi connectivity index (χ0v) is 16.4. The first-order chi connectivity index (χ1) is 14.0. The molecule has 0 aliphatic heterocycles. The highest BCUT2D eigenvalue weighted by molar-refractivity contribution is 7.92. The van der Waals surface area contributed by atoms with Crippen LogP contribution in [0.2, 0.25) is 0 Å². The minimum absolute atomic E-state index is 0.0774. The number of tetrazole rings is 1. The summed E-state index contributed by atoms with van der Waals surface area (Å²) in [6.07, 6.45) is 1.46. The number of sulfone groups is 1. The van der Waals surface area contributed by atoms with Gasteiger partial charge in [-0.2, -0.15) is 10.5 Å². The van der Waals surface area contributed by atoms with E-state index >= 15 is 0 Å². The summed E-state index contributed by atoms with van der Waals surface area (Å²) < 4.78 is 26.2. The largest absolute Gasteiger partial charge is 0.360 e. The van der Waals surface area contributed by atoms with E-state index in [0.717, 1.165) is 11.3 Å². The Morgan fingerprint density at radius 3 is 2.79 bits per heavy atom. The Morgan fingerprint density at radius 1 is 1.24 bits per heavy atom. The molecule has 2 N–H and O–H groups in total. The molecule has 29 heavy (non-hydrogen) atoms. The number of H-pyrrole nitrogens is 1. The molecule has 144 valence electrons. The van der Waals surface area contributed by atoms with Crippen LogP contribution >= 0.6 is 11.3 Å². The molecule has 0 amide bonds. The van der Waals surface area contributed by atoms with E-state index in [1.165, 1.54) is 6.20 Å². The van der Waals surface area contributed by atoms with Gasteiger partial charge in [0.25, 0.3) is 0 Å². The molecule has 0 aliphatic carbocycles. The number of anilines is 1. The van der Waals surface area contributed by atoms with Gasteiger partial charge in [0, 0.05) is 11.9 Å². The monoisotopic (exact) mass is 423 g/mol. The van der Waals surface area contributed by atoms with Crippen molar-refractivity contribution >= 4 is 42.7 Å². The Labute approximate surface area is 169 Å². The molecule has 2 aromatic carbocycles. The number of nitrogens with one attached hydrogen (secondary N) is 2. The molecule has 4 rings (SSSR count). The van der Waals surface area contributed by atoms with E-state index in [1.807, 2.05) is 12.1 Å². The highest BCUT2D eigenvalue weighted by atomic mass is 32.2. The number of fused-ring (bicyclic) bond motifs is 1. The Morgan fingerprint density at radius 2 is 2.07 bits per heavy atom. The molecular formula is C18H13N7O2S2. The summed E-state index contributed by atoms with van der Waals surface area (Å²) in [6, 6.07) is 16.2. The maximum Gasteiger partial charge on any atom is 0.216 e. The van der Waals surface area contributed by atoms with E-state index in [0.29, 0.717) is 21.5 Å². The number of benzene rings is 2. The number of hydrogen-bond acceptors (Lipinski definition) is 9. The number of allylic oxidation sites excluding steroid dienone is 1. The Hall–Kier alpha value is -3.62.